The molecule has 0 aliphatic carbocycles. The number of aliphatic carboxylic acids is 1. The molecule has 2 saturated heterocycles. The number of amides is 8. The summed E-state index contributed by atoms with van der Waals surface area (Å²) in [5.41, 5.74) is 17.2. The highest BCUT2D eigenvalue weighted by Crippen LogP contribution is 2.24. The van der Waals surface area contributed by atoms with Crippen molar-refractivity contribution in [1.82, 2.24) is 41.7 Å². The number of rotatable bonds is 30. The van der Waals surface area contributed by atoms with Crippen molar-refractivity contribution in [2.24, 2.45) is 51.8 Å². The third-order valence-electron chi connectivity index (χ3n) is 13.1. The molecule has 0 spiro atoms. The van der Waals surface area contributed by atoms with E-state index in [9.17, 15) is 53.4 Å². The van der Waals surface area contributed by atoms with Crippen molar-refractivity contribution in [2.45, 2.75) is 207 Å². The number of likely N-dealkylation sites (tertiary alicyclic amines) is 2. The molecule has 0 bridgehead atoms. The first-order chi connectivity index (χ1) is 34.1. The molecular formula is C50H90N12O11. The molecule has 73 heavy (non-hydrogen) atoms. The Hall–Kier alpha value is -5.58. The fourth-order valence-corrected chi connectivity index (χ4v) is 9.15. The minimum atomic E-state index is -1.65. The second kappa shape index (κ2) is 30.6. The number of aliphatic hydroxyl groups excluding tert-OH is 1. The molecule has 416 valence electrons. The summed E-state index contributed by atoms with van der Waals surface area (Å²) in [6.45, 7) is 20.3. The summed E-state index contributed by atoms with van der Waals surface area (Å²) in [7, 11) is 0. The van der Waals surface area contributed by atoms with Crippen molar-refractivity contribution >= 4 is 59.2 Å². The molecule has 23 nitrogen and oxygen atoms in total. The number of carbonyl (C=O) groups is 9. The third-order valence-corrected chi connectivity index (χ3v) is 13.1. The quantitative estimate of drug-likeness (QED) is 0.0256. The second-order valence-corrected chi connectivity index (χ2v) is 21.6. The fraction of sp³-hybridized carbons (Fsp3) is 0.800. The van der Waals surface area contributed by atoms with Gasteiger partial charge in [-0.25, -0.2) is 4.79 Å². The van der Waals surface area contributed by atoms with Crippen LogP contribution >= 0.6 is 0 Å². The number of aliphatic hydroxyl groups is 1. The molecule has 0 saturated carbocycles. The predicted molar refractivity (Wildman–Crippen MR) is 276 cm³/mol. The summed E-state index contributed by atoms with van der Waals surface area (Å²) >= 11 is 0. The molecule has 11 atom stereocenters. The largest absolute Gasteiger partial charge is 0.480 e. The van der Waals surface area contributed by atoms with Gasteiger partial charge in [-0.3, -0.25) is 43.3 Å². The molecule has 0 aromatic rings. The Morgan fingerprint density at radius 3 is 1.45 bits per heavy atom. The first kappa shape index (κ1) is 63.5. The lowest BCUT2D eigenvalue weighted by molar-refractivity contribution is -0.145. The van der Waals surface area contributed by atoms with Crippen LogP contribution in [0.15, 0.2) is 4.99 Å². The van der Waals surface area contributed by atoms with Crippen molar-refractivity contribution in [1.29, 1.82) is 0 Å². The minimum absolute atomic E-state index is 0.0101. The summed E-state index contributed by atoms with van der Waals surface area (Å²) in [5, 5.41) is 36.8. The lowest BCUT2D eigenvalue weighted by atomic mass is 9.96. The van der Waals surface area contributed by atoms with Gasteiger partial charge in [-0.2, -0.15) is 0 Å². The summed E-state index contributed by atoms with van der Waals surface area (Å²) in [6.07, 6.45) is 1.51. The zero-order valence-corrected chi connectivity index (χ0v) is 45.2. The van der Waals surface area contributed by atoms with Crippen LogP contribution in [-0.4, -0.2) is 159 Å². The van der Waals surface area contributed by atoms with Crippen molar-refractivity contribution in [3.8, 4) is 0 Å². The van der Waals surface area contributed by atoms with Crippen molar-refractivity contribution < 1.29 is 53.4 Å². The van der Waals surface area contributed by atoms with E-state index < -0.39 is 120 Å². The topological polar surface area (TPSA) is 363 Å². The molecule has 2 heterocycles. The molecule has 2 aliphatic rings. The maximum absolute atomic E-state index is 14.3. The van der Waals surface area contributed by atoms with Crippen LogP contribution in [-0.2, 0) is 43.2 Å². The van der Waals surface area contributed by atoms with Crippen molar-refractivity contribution in [3.63, 3.8) is 0 Å². The van der Waals surface area contributed by atoms with Crippen molar-refractivity contribution in [3.05, 3.63) is 0 Å². The summed E-state index contributed by atoms with van der Waals surface area (Å²) < 4.78 is 0. The average Bonchev–Trinajstić information content (AvgIpc) is 4.00. The van der Waals surface area contributed by atoms with Gasteiger partial charge in [0.1, 0.15) is 48.3 Å². The summed E-state index contributed by atoms with van der Waals surface area (Å²) in [5.74, 6) is -7.20. The van der Waals surface area contributed by atoms with Crippen LogP contribution in [0.3, 0.4) is 0 Å². The molecule has 2 fully saturated rings. The number of carbonyl (C=O) groups excluding carboxylic acids is 8. The number of nitrogens with zero attached hydrogens (tertiary/aromatic N) is 3. The zero-order chi connectivity index (χ0) is 55.4. The van der Waals surface area contributed by atoms with E-state index in [2.05, 4.69) is 36.9 Å². The molecule has 0 aromatic heterocycles. The van der Waals surface area contributed by atoms with E-state index in [0.717, 1.165) is 0 Å². The van der Waals surface area contributed by atoms with Gasteiger partial charge in [0.2, 0.25) is 47.3 Å². The van der Waals surface area contributed by atoms with E-state index in [0.29, 0.717) is 38.5 Å². The molecular weight excluding hydrogens is 945 g/mol. The first-order valence-corrected chi connectivity index (χ1v) is 26.2. The Morgan fingerprint density at radius 2 is 1.01 bits per heavy atom. The molecule has 0 unspecified atom stereocenters. The number of nitrogens with two attached hydrogens (primary N) is 3. The molecule has 23 heteroatoms. The second-order valence-electron chi connectivity index (χ2n) is 21.6. The first-order valence-electron chi connectivity index (χ1n) is 26.2. The van der Waals surface area contributed by atoms with E-state index >= 15 is 0 Å². The van der Waals surface area contributed by atoms with Gasteiger partial charge in [-0.15, -0.1) is 0 Å². The standard InChI is InChI=1S/C50H90N12O11/c1-12-30(10)39(59-44(67)38-18-15-21-62(38)47(70)34(23-27(4)5)56-41(64)32(51)22-26(2)3)45(68)55-33(16-13-19-54-50(52)53)42(65)60-40(31(11)63)46(69)57-35(24-28(6)7)48(71)61-20-14-17-37(61)43(66)58-36(49(72)73)25-29(8)9/h26-40,63H,12-25,51H2,1-11H3,(H,55,68)(H,56,64)(H,57,69)(H,58,66)(H,59,67)(H,60,65)(H,72,73)(H4,52,53,54)/t30-,31+,32-,33-,34-,35-,36-,37-,38-,39-,40-/m0/s1. The van der Waals surface area contributed by atoms with Crippen LogP contribution in [0.2, 0.25) is 0 Å². The van der Waals surface area contributed by atoms with Gasteiger partial charge in [0.15, 0.2) is 5.96 Å². The Labute approximate surface area is 431 Å². The SMILES string of the molecule is CC[C@H](C)[C@H](NC(=O)[C@@H]1CCCN1C(=O)[C@H](CC(C)C)NC(=O)[C@@H](N)CC(C)C)C(=O)N[C@@H](CCCN=C(N)N)C(=O)N[C@H](C(=O)N[C@@H](CC(C)C)C(=O)N1CCC[C@H]1C(=O)N[C@@H](CC(C)C)C(=O)O)[C@@H](C)O. The average molecular weight is 1040 g/mol. The molecule has 14 N–H and O–H groups in total. The summed E-state index contributed by atoms with van der Waals surface area (Å²) in [4.78, 5) is 130. The van der Waals surface area contributed by atoms with Crippen LogP contribution in [0, 0.1) is 29.6 Å². The van der Waals surface area contributed by atoms with Gasteiger partial charge in [0.05, 0.1) is 12.1 Å². The normalized spacial score (nSPS) is 19.5. The molecule has 2 rings (SSSR count). The van der Waals surface area contributed by atoms with E-state index in [1.165, 1.54) is 16.7 Å². The van der Waals surface area contributed by atoms with Crippen LogP contribution < -0.4 is 49.1 Å². The molecule has 8 amide bonds. The van der Waals surface area contributed by atoms with Crippen LogP contribution in [0.5, 0.6) is 0 Å². The van der Waals surface area contributed by atoms with Crippen molar-refractivity contribution in [2.75, 3.05) is 19.6 Å². The van der Waals surface area contributed by atoms with Crippen LogP contribution in [0.25, 0.3) is 0 Å². The van der Waals surface area contributed by atoms with Gasteiger partial charge in [-0.1, -0.05) is 75.7 Å². The maximum Gasteiger partial charge on any atom is 0.326 e. The maximum atomic E-state index is 14.3. The Balaban J connectivity index is 2.38. The van der Waals surface area contributed by atoms with Crippen LogP contribution in [0.4, 0.5) is 0 Å². The Bertz CT molecular complexity index is 1910. The van der Waals surface area contributed by atoms with E-state index in [-0.39, 0.29) is 81.4 Å². The third kappa shape index (κ3) is 20.7. The van der Waals surface area contributed by atoms with Gasteiger partial charge in [0, 0.05) is 19.6 Å². The lowest BCUT2D eigenvalue weighted by Gasteiger charge is -2.32. The Kier molecular flexibility index (Phi) is 26.6. The molecule has 0 radical (unpaired) electrons. The van der Waals surface area contributed by atoms with E-state index in [1.54, 1.807) is 6.92 Å². The highest BCUT2D eigenvalue weighted by Gasteiger charge is 2.43. The zero-order valence-electron chi connectivity index (χ0n) is 45.2. The molecule has 2 aliphatic heterocycles. The number of hydrogen-bond acceptors (Lipinski definition) is 12. The number of carboxylic acid groups (broad SMARTS) is 1. The van der Waals surface area contributed by atoms with Gasteiger partial charge < -0.3 is 69.1 Å². The highest BCUT2D eigenvalue weighted by atomic mass is 16.4. The predicted octanol–water partition coefficient (Wildman–Crippen LogP) is -0.0460. The van der Waals surface area contributed by atoms with E-state index in [1.807, 2.05) is 62.3 Å². The highest BCUT2D eigenvalue weighted by molar-refractivity contribution is 5.98. The van der Waals surface area contributed by atoms with Gasteiger partial charge >= 0.3 is 5.97 Å². The van der Waals surface area contributed by atoms with Gasteiger partial charge in [0.25, 0.3) is 0 Å². The number of hydrogen-bond donors (Lipinski definition) is 11. The molecule has 0 aromatic carbocycles. The minimum Gasteiger partial charge on any atom is -0.480 e. The smallest absolute Gasteiger partial charge is 0.326 e. The number of carboxylic acids is 1. The van der Waals surface area contributed by atoms with E-state index in [4.69, 9.17) is 17.2 Å². The number of guanidine groups is 1. The summed E-state index contributed by atoms with van der Waals surface area (Å²) in [6, 6.07) is -10.3. The monoisotopic (exact) mass is 1030 g/mol. The Morgan fingerprint density at radius 1 is 0.575 bits per heavy atom. The van der Waals surface area contributed by atoms with Gasteiger partial charge in [-0.05, 0) is 101 Å². The number of nitrogens with one attached hydrogen (secondary N) is 6. The van der Waals surface area contributed by atoms with Crippen LogP contribution in [0.1, 0.15) is 147 Å². The number of aliphatic imine (C=N–C) groups is 1. The lowest BCUT2D eigenvalue weighted by Crippen LogP contribution is -2.62. The fourth-order valence-electron chi connectivity index (χ4n) is 9.15.